The molecule has 1 saturated heterocycles. The predicted molar refractivity (Wildman–Crippen MR) is 67.7 cm³/mol. The van der Waals surface area contributed by atoms with Gasteiger partial charge in [0.1, 0.15) is 0 Å². The molecular formula is C12H14N2O2S. The van der Waals surface area contributed by atoms with Crippen LogP contribution in [-0.2, 0) is 9.59 Å². The number of rotatable bonds is 2. The summed E-state index contributed by atoms with van der Waals surface area (Å²) in [7, 11) is 0. The van der Waals surface area contributed by atoms with Gasteiger partial charge in [0, 0.05) is 24.0 Å². The lowest BCUT2D eigenvalue weighted by Gasteiger charge is -2.25. The number of carbonyl (C=O) groups is 2. The molecule has 0 unspecified atom stereocenters. The average Bonchev–Trinajstić information content (AvgIpc) is 2.72. The highest BCUT2D eigenvalue weighted by Gasteiger charge is 2.18. The van der Waals surface area contributed by atoms with Crippen LogP contribution in [0.5, 0.6) is 0 Å². The van der Waals surface area contributed by atoms with Gasteiger partial charge in [-0.15, -0.1) is 11.3 Å². The lowest BCUT2D eigenvalue weighted by molar-refractivity contribution is -0.134. The normalized spacial score (nSPS) is 16.3. The molecule has 0 aliphatic carbocycles. The van der Waals surface area contributed by atoms with Crippen LogP contribution >= 0.6 is 11.3 Å². The summed E-state index contributed by atoms with van der Waals surface area (Å²) in [5.41, 5.74) is 1.16. The molecule has 1 fully saturated rings. The van der Waals surface area contributed by atoms with Crippen molar-refractivity contribution in [1.82, 2.24) is 10.2 Å². The van der Waals surface area contributed by atoms with E-state index in [4.69, 9.17) is 0 Å². The molecule has 2 heterocycles. The van der Waals surface area contributed by atoms with Gasteiger partial charge < -0.3 is 10.2 Å². The van der Waals surface area contributed by atoms with Gasteiger partial charge in [0.25, 0.3) is 0 Å². The summed E-state index contributed by atoms with van der Waals surface area (Å²) >= 11 is 1.60. The Morgan fingerprint density at radius 1 is 1.59 bits per heavy atom. The Labute approximate surface area is 104 Å². The molecule has 0 saturated carbocycles. The number of nitrogens with one attached hydrogen (secondary N) is 1. The molecule has 1 aromatic rings. The largest absolute Gasteiger partial charge is 0.353 e. The molecule has 1 N–H and O–H groups in total. The Bertz CT molecular complexity index is 465. The third-order valence-electron chi connectivity index (χ3n) is 2.63. The molecule has 5 heteroatoms. The number of amides is 2. The topological polar surface area (TPSA) is 49.4 Å². The van der Waals surface area contributed by atoms with Crippen LogP contribution in [0, 0.1) is 6.92 Å². The maximum atomic E-state index is 11.8. The Balaban J connectivity index is 1.99. The standard InChI is InChI=1S/C12H14N2O2S/c1-9-4-7-17-10(9)2-3-12(16)14-6-5-13-11(15)8-14/h2-4,7H,5-6,8H2,1H3,(H,13,15). The fourth-order valence-electron chi connectivity index (χ4n) is 1.63. The quantitative estimate of drug-likeness (QED) is 0.797. The molecule has 0 aromatic carbocycles. The molecule has 0 atom stereocenters. The molecule has 17 heavy (non-hydrogen) atoms. The number of carbonyl (C=O) groups excluding carboxylic acids is 2. The SMILES string of the molecule is Cc1ccsc1C=CC(=O)N1CCNC(=O)C1. The highest BCUT2D eigenvalue weighted by Crippen LogP contribution is 2.17. The first kappa shape index (κ1) is 11.9. The fourth-order valence-corrected chi connectivity index (χ4v) is 2.45. The Kier molecular flexibility index (Phi) is 3.58. The summed E-state index contributed by atoms with van der Waals surface area (Å²) in [5, 5.41) is 4.68. The summed E-state index contributed by atoms with van der Waals surface area (Å²) in [6, 6.07) is 2.02. The van der Waals surface area contributed by atoms with Crippen LogP contribution in [0.25, 0.3) is 6.08 Å². The van der Waals surface area contributed by atoms with Gasteiger partial charge >= 0.3 is 0 Å². The van der Waals surface area contributed by atoms with E-state index in [2.05, 4.69) is 5.32 Å². The van der Waals surface area contributed by atoms with E-state index in [9.17, 15) is 9.59 Å². The van der Waals surface area contributed by atoms with E-state index in [1.165, 1.54) is 6.08 Å². The van der Waals surface area contributed by atoms with Crippen LogP contribution in [-0.4, -0.2) is 36.3 Å². The average molecular weight is 250 g/mol. The smallest absolute Gasteiger partial charge is 0.247 e. The second-order valence-corrected chi connectivity index (χ2v) is 4.86. The van der Waals surface area contributed by atoms with Crippen molar-refractivity contribution in [3.63, 3.8) is 0 Å². The van der Waals surface area contributed by atoms with Crippen LogP contribution in [0.1, 0.15) is 10.4 Å². The number of hydrogen-bond acceptors (Lipinski definition) is 3. The molecule has 4 nitrogen and oxygen atoms in total. The van der Waals surface area contributed by atoms with Crippen molar-refractivity contribution in [2.75, 3.05) is 19.6 Å². The molecular weight excluding hydrogens is 236 g/mol. The number of hydrogen-bond donors (Lipinski definition) is 1. The van der Waals surface area contributed by atoms with Crippen LogP contribution in [0.4, 0.5) is 0 Å². The summed E-state index contributed by atoms with van der Waals surface area (Å²) in [4.78, 5) is 25.6. The van der Waals surface area contributed by atoms with E-state index in [0.717, 1.165) is 10.4 Å². The van der Waals surface area contributed by atoms with Gasteiger partial charge in [0.05, 0.1) is 6.54 Å². The van der Waals surface area contributed by atoms with Gasteiger partial charge in [-0.1, -0.05) is 0 Å². The van der Waals surface area contributed by atoms with E-state index in [0.29, 0.717) is 13.1 Å². The Morgan fingerprint density at radius 2 is 2.41 bits per heavy atom. The van der Waals surface area contributed by atoms with E-state index in [1.807, 2.05) is 24.4 Å². The zero-order valence-corrected chi connectivity index (χ0v) is 10.4. The summed E-state index contributed by atoms with van der Waals surface area (Å²) in [5.74, 6) is -0.196. The van der Waals surface area contributed by atoms with Crippen molar-refractivity contribution in [3.05, 3.63) is 28.0 Å². The molecule has 2 amide bonds. The minimum Gasteiger partial charge on any atom is -0.353 e. The first-order valence-corrected chi connectivity index (χ1v) is 6.32. The van der Waals surface area contributed by atoms with E-state index >= 15 is 0 Å². The second-order valence-electron chi connectivity index (χ2n) is 3.91. The molecule has 2 rings (SSSR count). The van der Waals surface area contributed by atoms with E-state index in [1.54, 1.807) is 16.2 Å². The summed E-state index contributed by atoms with van der Waals surface area (Å²) in [6.07, 6.45) is 3.35. The molecule has 90 valence electrons. The van der Waals surface area contributed by atoms with E-state index in [-0.39, 0.29) is 18.4 Å². The second kappa shape index (κ2) is 5.14. The Morgan fingerprint density at radius 3 is 3.06 bits per heavy atom. The zero-order chi connectivity index (χ0) is 12.3. The first-order chi connectivity index (χ1) is 8.16. The third kappa shape index (κ3) is 2.94. The first-order valence-electron chi connectivity index (χ1n) is 5.44. The van der Waals surface area contributed by atoms with Crippen molar-refractivity contribution < 1.29 is 9.59 Å². The number of piperazine rings is 1. The maximum Gasteiger partial charge on any atom is 0.247 e. The van der Waals surface area contributed by atoms with Crippen molar-refractivity contribution in [3.8, 4) is 0 Å². The number of nitrogens with zero attached hydrogens (tertiary/aromatic N) is 1. The third-order valence-corrected chi connectivity index (χ3v) is 3.61. The predicted octanol–water partition coefficient (Wildman–Crippen LogP) is 1.03. The highest BCUT2D eigenvalue weighted by atomic mass is 32.1. The Hall–Kier alpha value is -1.62. The van der Waals surface area contributed by atoms with Crippen molar-refractivity contribution in [1.29, 1.82) is 0 Å². The van der Waals surface area contributed by atoms with Gasteiger partial charge in [-0.3, -0.25) is 9.59 Å². The van der Waals surface area contributed by atoms with Gasteiger partial charge in [0.15, 0.2) is 0 Å². The van der Waals surface area contributed by atoms with Gasteiger partial charge in [-0.2, -0.15) is 0 Å². The van der Waals surface area contributed by atoms with Gasteiger partial charge in [0.2, 0.25) is 11.8 Å². The minimum atomic E-state index is -0.104. The lowest BCUT2D eigenvalue weighted by atomic mass is 10.2. The fraction of sp³-hybridized carbons (Fsp3) is 0.333. The van der Waals surface area contributed by atoms with E-state index < -0.39 is 0 Å². The molecule has 1 aliphatic rings. The summed E-state index contributed by atoms with van der Waals surface area (Å²) in [6.45, 7) is 3.29. The van der Waals surface area contributed by atoms with Crippen molar-refractivity contribution in [2.45, 2.75) is 6.92 Å². The summed E-state index contributed by atoms with van der Waals surface area (Å²) < 4.78 is 0. The zero-order valence-electron chi connectivity index (χ0n) is 9.60. The lowest BCUT2D eigenvalue weighted by Crippen LogP contribution is -2.49. The van der Waals surface area contributed by atoms with Crippen molar-refractivity contribution in [2.24, 2.45) is 0 Å². The minimum absolute atomic E-state index is 0.0923. The molecule has 0 radical (unpaired) electrons. The van der Waals surface area contributed by atoms with Crippen LogP contribution in [0.15, 0.2) is 17.5 Å². The molecule has 1 aliphatic heterocycles. The number of aryl methyl sites for hydroxylation is 1. The van der Waals surface area contributed by atoms with Crippen LogP contribution in [0.2, 0.25) is 0 Å². The maximum absolute atomic E-state index is 11.8. The highest BCUT2D eigenvalue weighted by molar-refractivity contribution is 7.11. The molecule has 0 bridgehead atoms. The van der Waals surface area contributed by atoms with Crippen LogP contribution in [0.3, 0.4) is 0 Å². The van der Waals surface area contributed by atoms with Gasteiger partial charge in [-0.05, 0) is 30.0 Å². The van der Waals surface area contributed by atoms with Gasteiger partial charge in [-0.25, -0.2) is 0 Å². The molecule has 1 aromatic heterocycles. The molecule has 0 spiro atoms. The van der Waals surface area contributed by atoms with Crippen LogP contribution < -0.4 is 5.32 Å². The monoisotopic (exact) mass is 250 g/mol. The van der Waals surface area contributed by atoms with Crippen molar-refractivity contribution >= 4 is 29.2 Å². The number of thiophene rings is 1.